The molecule has 0 heterocycles. The van der Waals surface area contributed by atoms with Crippen molar-refractivity contribution in [2.24, 2.45) is 22.7 Å². The number of fused-ring (bicyclic) bond motifs is 5. The monoisotopic (exact) mass is 478 g/mol. The van der Waals surface area contributed by atoms with E-state index in [0.717, 1.165) is 6.42 Å². The average Bonchev–Trinajstić information content (AvgIpc) is 3.02. The summed E-state index contributed by atoms with van der Waals surface area (Å²) in [6.07, 6.45) is 2.19. The highest BCUT2D eigenvalue weighted by Gasteiger charge is 2.69. The van der Waals surface area contributed by atoms with Crippen LogP contribution in [0.5, 0.6) is 0 Å². The number of rotatable bonds is 5. The van der Waals surface area contributed by atoms with Gasteiger partial charge in [-0.2, -0.15) is 0 Å². The first kappa shape index (κ1) is 26.0. The quantitative estimate of drug-likeness (QED) is 0.354. The van der Waals surface area contributed by atoms with Gasteiger partial charge in [-0.05, 0) is 74.5 Å². The molecular formula is C27H42O7. The molecule has 0 saturated heterocycles. The molecule has 6 N–H and O–H groups in total. The Morgan fingerprint density at radius 2 is 1.68 bits per heavy atom. The highest BCUT2D eigenvalue weighted by Crippen LogP contribution is 2.67. The fourth-order valence-electron chi connectivity index (χ4n) is 7.66. The molecule has 0 radical (unpaired) electrons. The Morgan fingerprint density at radius 1 is 1.06 bits per heavy atom. The van der Waals surface area contributed by atoms with Crippen LogP contribution in [0.4, 0.5) is 0 Å². The number of aliphatic hydroxyl groups excluding tert-OH is 3. The Kier molecular flexibility index (Phi) is 6.08. The fourth-order valence-corrected chi connectivity index (χ4v) is 7.66. The van der Waals surface area contributed by atoms with Crippen LogP contribution in [0.15, 0.2) is 23.3 Å². The Bertz CT molecular complexity index is 922. The van der Waals surface area contributed by atoms with Crippen LogP contribution in [0.2, 0.25) is 0 Å². The minimum Gasteiger partial charge on any atom is -0.390 e. The van der Waals surface area contributed by atoms with E-state index in [2.05, 4.69) is 13.8 Å². The number of carbonyl (C=O) groups excluding carboxylic acids is 1. The highest BCUT2D eigenvalue weighted by molar-refractivity contribution is 6.02. The average molecular weight is 479 g/mol. The molecule has 7 heteroatoms. The zero-order valence-corrected chi connectivity index (χ0v) is 21.1. The minimum absolute atomic E-state index is 0.00142. The van der Waals surface area contributed by atoms with Crippen LogP contribution in [0.1, 0.15) is 79.6 Å². The van der Waals surface area contributed by atoms with Crippen LogP contribution in [0.25, 0.3) is 0 Å². The second-order valence-corrected chi connectivity index (χ2v) is 12.6. The standard InChI is InChI=1S/C27H42O7/c1-15(2)6-7-21(30)25(5,32)20-9-11-26(33)17-12-22(31)27(34)14-19(29)18(28)13-24(27,4)16(17)8-10-23(20,26)3/h8,12,15,18-21,28-30,32-34H,6-7,9-11,13-14H2,1-5H3/t18-,19+,20-,21-,23+,24+,25+,26+,27+/m0/s1. The summed E-state index contributed by atoms with van der Waals surface area (Å²) < 4.78 is 0. The van der Waals surface area contributed by atoms with Gasteiger partial charge in [0, 0.05) is 17.3 Å². The second kappa shape index (κ2) is 7.95. The minimum atomic E-state index is -1.86. The fraction of sp³-hybridized carbons (Fsp3) is 0.815. The number of hydrogen-bond acceptors (Lipinski definition) is 7. The first-order valence-electron chi connectivity index (χ1n) is 12.7. The van der Waals surface area contributed by atoms with Crippen LogP contribution in [-0.2, 0) is 4.79 Å². The van der Waals surface area contributed by atoms with Crippen molar-refractivity contribution in [1.82, 2.24) is 0 Å². The zero-order valence-electron chi connectivity index (χ0n) is 21.1. The smallest absolute Gasteiger partial charge is 0.188 e. The second-order valence-electron chi connectivity index (χ2n) is 12.6. The molecule has 0 aromatic carbocycles. The molecule has 0 aromatic rings. The molecule has 0 amide bonds. The van der Waals surface area contributed by atoms with Crippen molar-refractivity contribution in [1.29, 1.82) is 0 Å². The maximum Gasteiger partial charge on any atom is 0.188 e. The van der Waals surface area contributed by atoms with Gasteiger partial charge in [-0.25, -0.2) is 0 Å². The molecule has 4 aliphatic rings. The van der Waals surface area contributed by atoms with Gasteiger partial charge < -0.3 is 30.6 Å². The molecular weight excluding hydrogens is 436 g/mol. The van der Waals surface area contributed by atoms with Crippen molar-refractivity contribution in [3.05, 3.63) is 23.3 Å². The summed E-state index contributed by atoms with van der Waals surface area (Å²) in [6, 6.07) is 0. The van der Waals surface area contributed by atoms with Gasteiger partial charge in [-0.3, -0.25) is 4.79 Å². The van der Waals surface area contributed by atoms with Crippen LogP contribution in [0.3, 0.4) is 0 Å². The first-order valence-corrected chi connectivity index (χ1v) is 12.7. The van der Waals surface area contributed by atoms with Crippen molar-refractivity contribution in [2.45, 2.75) is 115 Å². The number of aliphatic hydroxyl groups is 6. The van der Waals surface area contributed by atoms with Crippen LogP contribution in [-0.4, -0.2) is 71.5 Å². The molecule has 0 unspecified atom stereocenters. The SMILES string of the molecule is CC(C)CC[C@H](O)[C@](C)(O)[C@H]1CC[C@@]2(O)C3=CC(=O)[C@]4(O)C[C@@H](O)[C@@H](O)C[C@]4(C)C3=CC[C@]12C. The lowest BCUT2D eigenvalue weighted by Gasteiger charge is -2.59. The van der Waals surface area contributed by atoms with E-state index in [1.165, 1.54) is 6.08 Å². The lowest BCUT2D eigenvalue weighted by atomic mass is 9.48. The molecule has 192 valence electrons. The maximum atomic E-state index is 13.3. The molecule has 2 saturated carbocycles. The summed E-state index contributed by atoms with van der Waals surface area (Å²) in [5.74, 6) is -0.588. The van der Waals surface area contributed by atoms with Crippen molar-refractivity contribution in [3.63, 3.8) is 0 Å². The molecule has 2 fully saturated rings. The lowest BCUT2D eigenvalue weighted by Crippen LogP contribution is -2.66. The van der Waals surface area contributed by atoms with Gasteiger partial charge >= 0.3 is 0 Å². The predicted molar refractivity (Wildman–Crippen MR) is 127 cm³/mol. The number of carbonyl (C=O) groups is 1. The lowest BCUT2D eigenvalue weighted by molar-refractivity contribution is -0.180. The van der Waals surface area contributed by atoms with Crippen molar-refractivity contribution >= 4 is 5.78 Å². The van der Waals surface area contributed by atoms with E-state index in [0.29, 0.717) is 42.7 Å². The van der Waals surface area contributed by atoms with E-state index in [4.69, 9.17) is 0 Å². The van der Waals surface area contributed by atoms with Gasteiger partial charge in [-0.1, -0.05) is 33.8 Å². The highest BCUT2D eigenvalue weighted by atomic mass is 16.3. The molecule has 0 bridgehead atoms. The summed E-state index contributed by atoms with van der Waals surface area (Å²) in [4.78, 5) is 13.3. The van der Waals surface area contributed by atoms with E-state index in [1.807, 2.05) is 13.0 Å². The molecule has 7 nitrogen and oxygen atoms in total. The Balaban J connectivity index is 1.75. The molecule has 0 aliphatic heterocycles. The van der Waals surface area contributed by atoms with E-state index < -0.39 is 57.6 Å². The molecule has 0 aromatic heterocycles. The summed E-state index contributed by atoms with van der Waals surface area (Å²) in [5, 5.41) is 66.7. The maximum absolute atomic E-state index is 13.3. The van der Waals surface area contributed by atoms with Crippen LogP contribution >= 0.6 is 0 Å². The number of hydrogen-bond donors (Lipinski definition) is 6. The van der Waals surface area contributed by atoms with Crippen molar-refractivity contribution in [3.8, 4) is 0 Å². The molecule has 34 heavy (non-hydrogen) atoms. The largest absolute Gasteiger partial charge is 0.390 e. The van der Waals surface area contributed by atoms with Gasteiger partial charge in [-0.15, -0.1) is 0 Å². The summed E-state index contributed by atoms with van der Waals surface area (Å²) in [5.41, 5.74) is -5.61. The molecule has 9 atom stereocenters. The third-order valence-corrected chi connectivity index (χ3v) is 10.1. The van der Waals surface area contributed by atoms with Gasteiger partial charge in [0.2, 0.25) is 0 Å². The predicted octanol–water partition coefficient (Wildman–Crippen LogP) is 1.77. The van der Waals surface area contributed by atoms with Gasteiger partial charge in [0.15, 0.2) is 5.78 Å². The summed E-state index contributed by atoms with van der Waals surface area (Å²) >= 11 is 0. The van der Waals surface area contributed by atoms with Gasteiger partial charge in [0.1, 0.15) is 5.60 Å². The topological polar surface area (TPSA) is 138 Å². The van der Waals surface area contributed by atoms with E-state index in [9.17, 15) is 35.4 Å². The van der Waals surface area contributed by atoms with E-state index >= 15 is 0 Å². The van der Waals surface area contributed by atoms with Crippen LogP contribution < -0.4 is 0 Å². The molecule has 4 aliphatic carbocycles. The normalized spacial score (nSPS) is 46.7. The third kappa shape index (κ3) is 3.27. The molecule has 4 rings (SSSR count). The summed E-state index contributed by atoms with van der Waals surface area (Å²) in [6.45, 7) is 9.43. The Morgan fingerprint density at radius 3 is 2.29 bits per heavy atom. The van der Waals surface area contributed by atoms with Gasteiger partial charge in [0.25, 0.3) is 0 Å². The van der Waals surface area contributed by atoms with Crippen molar-refractivity contribution < 1.29 is 35.4 Å². The zero-order chi connectivity index (χ0) is 25.5. The summed E-state index contributed by atoms with van der Waals surface area (Å²) in [7, 11) is 0. The van der Waals surface area contributed by atoms with E-state index in [-0.39, 0.29) is 12.8 Å². The van der Waals surface area contributed by atoms with Crippen molar-refractivity contribution in [2.75, 3.05) is 0 Å². The Hall–Kier alpha value is -1.09. The van der Waals surface area contributed by atoms with Gasteiger partial charge in [0.05, 0.1) is 29.5 Å². The van der Waals surface area contributed by atoms with E-state index in [1.54, 1.807) is 13.8 Å². The van der Waals surface area contributed by atoms with Crippen LogP contribution in [0, 0.1) is 22.7 Å². The Labute approximate surface area is 202 Å². The third-order valence-electron chi connectivity index (χ3n) is 10.1. The number of ketones is 1. The number of allylic oxidation sites excluding steroid dienone is 1. The molecule has 0 spiro atoms. The first-order chi connectivity index (χ1) is 15.5.